The molecule has 0 atom stereocenters. The molecule has 27 heavy (non-hydrogen) atoms. The van der Waals surface area contributed by atoms with Gasteiger partial charge in [0.2, 0.25) is 20.0 Å². The van der Waals surface area contributed by atoms with Crippen LogP contribution >= 0.6 is 0 Å². The van der Waals surface area contributed by atoms with E-state index >= 15 is 0 Å². The Kier molecular flexibility index (Phi) is 5.86. The molecule has 1 aliphatic carbocycles. The van der Waals surface area contributed by atoms with E-state index in [4.69, 9.17) is 4.74 Å². The summed E-state index contributed by atoms with van der Waals surface area (Å²) in [5.41, 5.74) is 1.55. The second-order valence-electron chi connectivity index (χ2n) is 7.53. The molecule has 2 aliphatic rings. The summed E-state index contributed by atoms with van der Waals surface area (Å²) in [7, 11) is -5.18. The predicted octanol–water partition coefficient (Wildman–Crippen LogP) is 1.79. The van der Waals surface area contributed by atoms with Gasteiger partial charge in [0, 0.05) is 19.6 Å². The van der Waals surface area contributed by atoms with Gasteiger partial charge in [-0.1, -0.05) is 0 Å². The van der Waals surface area contributed by atoms with Gasteiger partial charge < -0.3 is 4.74 Å². The van der Waals surface area contributed by atoms with Gasteiger partial charge in [-0.2, -0.15) is 0 Å². The first kappa shape index (κ1) is 20.6. The van der Waals surface area contributed by atoms with Crippen molar-refractivity contribution >= 4 is 20.0 Å². The number of aryl methyl sites for hydroxylation is 2. The third kappa shape index (κ3) is 4.47. The van der Waals surface area contributed by atoms with E-state index in [2.05, 4.69) is 4.72 Å². The average Bonchev–Trinajstić information content (AvgIpc) is 3.46. The van der Waals surface area contributed by atoms with Crippen LogP contribution in [-0.2, 0) is 20.0 Å². The van der Waals surface area contributed by atoms with Crippen LogP contribution in [-0.4, -0.2) is 53.1 Å². The van der Waals surface area contributed by atoms with Gasteiger partial charge in [0.15, 0.2) is 0 Å². The maximum absolute atomic E-state index is 12.6. The summed E-state index contributed by atoms with van der Waals surface area (Å²) >= 11 is 0. The Labute approximate surface area is 162 Å². The maximum Gasteiger partial charge on any atom is 0.240 e. The van der Waals surface area contributed by atoms with E-state index < -0.39 is 20.0 Å². The highest BCUT2D eigenvalue weighted by atomic mass is 32.2. The van der Waals surface area contributed by atoms with Crippen molar-refractivity contribution in [1.29, 1.82) is 0 Å². The summed E-state index contributed by atoms with van der Waals surface area (Å²) in [6.45, 7) is 4.92. The fourth-order valence-electron chi connectivity index (χ4n) is 3.64. The van der Waals surface area contributed by atoms with Gasteiger partial charge >= 0.3 is 0 Å². The van der Waals surface area contributed by atoms with Crippen LogP contribution in [0.2, 0.25) is 0 Å². The Morgan fingerprint density at radius 1 is 1.04 bits per heavy atom. The van der Waals surface area contributed by atoms with Gasteiger partial charge in [0.1, 0.15) is 5.75 Å². The number of nitrogens with one attached hydrogen (secondary N) is 1. The fraction of sp³-hybridized carbons (Fsp3) is 0.667. The zero-order valence-electron chi connectivity index (χ0n) is 16.1. The SMILES string of the molecule is COc1c(C)cc(S(=O)(=O)NCC2CCN(S(=O)(=O)C3CC3)CC2)cc1C. The van der Waals surface area contributed by atoms with Crippen molar-refractivity contribution in [3.8, 4) is 5.75 Å². The highest BCUT2D eigenvalue weighted by Crippen LogP contribution is 2.33. The zero-order chi connectivity index (χ0) is 19.8. The Morgan fingerprint density at radius 3 is 2.07 bits per heavy atom. The molecule has 1 saturated heterocycles. The molecular formula is C18H28N2O5S2. The molecule has 0 spiro atoms. The van der Waals surface area contributed by atoms with Crippen molar-refractivity contribution in [1.82, 2.24) is 9.03 Å². The molecule has 9 heteroatoms. The third-order valence-electron chi connectivity index (χ3n) is 5.39. The molecule has 1 aliphatic heterocycles. The van der Waals surface area contributed by atoms with Crippen LogP contribution < -0.4 is 9.46 Å². The molecule has 2 fully saturated rings. The molecule has 1 N–H and O–H groups in total. The molecule has 7 nitrogen and oxygen atoms in total. The van der Waals surface area contributed by atoms with Crippen LogP contribution in [0.1, 0.15) is 36.8 Å². The Balaban J connectivity index is 1.59. The first-order valence-corrected chi connectivity index (χ1v) is 12.3. The minimum Gasteiger partial charge on any atom is -0.496 e. The lowest BCUT2D eigenvalue weighted by Gasteiger charge is -2.31. The summed E-state index contributed by atoms with van der Waals surface area (Å²) in [6, 6.07) is 3.22. The Morgan fingerprint density at radius 2 is 1.59 bits per heavy atom. The molecule has 0 unspecified atom stereocenters. The van der Waals surface area contributed by atoms with Crippen molar-refractivity contribution in [2.75, 3.05) is 26.7 Å². The van der Waals surface area contributed by atoms with Crippen LogP contribution in [0.4, 0.5) is 0 Å². The molecule has 3 rings (SSSR count). The lowest BCUT2D eigenvalue weighted by molar-refractivity contribution is 0.274. The summed E-state index contributed by atoms with van der Waals surface area (Å²) < 4.78 is 59.4. The number of rotatable bonds is 7. The predicted molar refractivity (Wildman–Crippen MR) is 104 cm³/mol. The monoisotopic (exact) mass is 416 g/mol. The molecule has 1 saturated carbocycles. The molecule has 1 aromatic rings. The van der Waals surface area contributed by atoms with E-state index in [1.807, 2.05) is 13.8 Å². The van der Waals surface area contributed by atoms with E-state index in [9.17, 15) is 16.8 Å². The van der Waals surface area contributed by atoms with E-state index in [-0.39, 0.29) is 16.1 Å². The molecule has 1 heterocycles. The highest BCUT2D eigenvalue weighted by molar-refractivity contribution is 7.90. The van der Waals surface area contributed by atoms with Gasteiger partial charge in [-0.05, 0) is 68.7 Å². The van der Waals surface area contributed by atoms with Crippen molar-refractivity contribution in [3.63, 3.8) is 0 Å². The molecule has 1 aromatic carbocycles. The summed E-state index contributed by atoms with van der Waals surface area (Å²) in [5.74, 6) is 0.837. The van der Waals surface area contributed by atoms with Crippen molar-refractivity contribution in [2.45, 2.75) is 49.7 Å². The third-order valence-corrected chi connectivity index (χ3v) is 9.19. The van der Waals surface area contributed by atoms with E-state index in [1.165, 1.54) is 0 Å². The van der Waals surface area contributed by atoms with E-state index in [1.54, 1.807) is 23.5 Å². The second-order valence-corrected chi connectivity index (χ2v) is 11.5. The van der Waals surface area contributed by atoms with Gasteiger partial charge in [0.05, 0.1) is 17.3 Å². The quantitative estimate of drug-likeness (QED) is 0.732. The van der Waals surface area contributed by atoms with E-state index in [0.717, 1.165) is 24.0 Å². The molecule has 0 radical (unpaired) electrons. The lowest BCUT2D eigenvalue weighted by Crippen LogP contribution is -2.42. The molecule has 0 bridgehead atoms. The Hall–Kier alpha value is -1.16. The molecule has 0 amide bonds. The number of hydrogen-bond donors (Lipinski definition) is 1. The first-order chi connectivity index (χ1) is 12.6. The molecular weight excluding hydrogens is 388 g/mol. The van der Waals surface area contributed by atoms with E-state index in [0.29, 0.717) is 38.2 Å². The molecule has 0 aromatic heterocycles. The Bertz CT molecular complexity index is 877. The maximum atomic E-state index is 12.6. The number of nitrogens with zero attached hydrogens (tertiary/aromatic N) is 1. The number of hydrogen-bond acceptors (Lipinski definition) is 5. The number of benzene rings is 1. The lowest BCUT2D eigenvalue weighted by atomic mass is 9.99. The largest absolute Gasteiger partial charge is 0.496 e. The second kappa shape index (κ2) is 7.69. The highest BCUT2D eigenvalue weighted by Gasteiger charge is 2.41. The summed E-state index contributed by atoms with van der Waals surface area (Å²) in [6.07, 6.45) is 2.88. The average molecular weight is 417 g/mol. The van der Waals surface area contributed by atoms with Crippen LogP contribution in [0.25, 0.3) is 0 Å². The van der Waals surface area contributed by atoms with Crippen LogP contribution in [0.5, 0.6) is 5.75 Å². The molecule has 152 valence electrons. The fourth-order valence-corrected chi connectivity index (χ4v) is 6.80. The zero-order valence-corrected chi connectivity index (χ0v) is 17.7. The van der Waals surface area contributed by atoms with Crippen molar-refractivity contribution in [3.05, 3.63) is 23.3 Å². The van der Waals surface area contributed by atoms with Crippen LogP contribution in [0, 0.1) is 19.8 Å². The number of ether oxygens (including phenoxy) is 1. The van der Waals surface area contributed by atoms with Gasteiger partial charge in [-0.25, -0.2) is 25.9 Å². The van der Waals surface area contributed by atoms with Gasteiger partial charge in [-0.3, -0.25) is 0 Å². The van der Waals surface area contributed by atoms with Crippen molar-refractivity contribution < 1.29 is 21.6 Å². The minimum atomic E-state index is -3.61. The smallest absolute Gasteiger partial charge is 0.240 e. The standard InChI is InChI=1S/C18H28N2O5S2/c1-13-10-17(11-14(2)18(13)25-3)26(21,22)19-12-15-6-8-20(9-7-15)27(23,24)16-4-5-16/h10-11,15-16,19H,4-9,12H2,1-3H3. The normalized spacial score (nSPS) is 20.0. The summed E-state index contributed by atoms with van der Waals surface area (Å²) in [4.78, 5) is 0.229. The number of sulfonamides is 2. The minimum absolute atomic E-state index is 0.144. The topological polar surface area (TPSA) is 92.8 Å². The van der Waals surface area contributed by atoms with Crippen LogP contribution in [0.3, 0.4) is 0 Å². The number of methoxy groups -OCH3 is 1. The summed E-state index contributed by atoms with van der Waals surface area (Å²) in [5, 5.41) is -0.186. The first-order valence-electron chi connectivity index (χ1n) is 9.29. The van der Waals surface area contributed by atoms with Gasteiger partial charge in [0.25, 0.3) is 0 Å². The van der Waals surface area contributed by atoms with Gasteiger partial charge in [-0.15, -0.1) is 0 Å². The number of piperidine rings is 1. The van der Waals surface area contributed by atoms with Crippen molar-refractivity contribution in [2.24, 2.45) is 5.92 Å². The van der Waals surface area contributed by atoms with Crippen LogP contribution in [0.15, 0.2) is 17.0 Å².